The van der Waals surface area contributed by atoms with Gasteiger partial charge in [0.05, 0.1) is 31.2 Å². The van der Waals surface area contributed by atoms with Crippen molar-refractivity contribution in [1.29, 1.82) is 0 Å². The maximum absolute atomic E-state index is 13.8. The molecule has 5 rings (SSSR count). The highest BCUT2D eigenvalue weighted by Gasteiger charge is 2.41. The van der Waals surface area contributed by atoms with Crippen LogP contribution in [0.5, 0.6) is 5.75 Å². The molecule has 2 aromatic carbocycles. The first-order valence-corrected chi connectivity index (χ1v) is 16.8. The number of esters is 1. The number of hydrazine groups is 1. The summed E-state index contributed by atoms with van der Waals surface area (Å²) in [6.07, 6.45) is 5.07. The molecule has 13 nitrogen and oxygen atoms in total. The number of hydrogen-bond acceptors (Lipinski definition) is 10. The Morgan fingerprint density at radius 3 is 2.53 bits per heavy atom. The van der Waals surface area contributed by atoms with Crippen LogP contribution in [0.25, 0.3) is 0 Å². The molecule has 2 aromatic rings. The van der Waals surface area contributed by atoms with E-state index in [9.17, 15) is 19.2 Å². The number of carbonyl (C=O) groups excluding carboxylic acids is 4. The van der Waals surface area contributed by atoms with Gasteiger partial charge in [0, 0.05) is 18.2 Å². The molecule has 49 heavy (non-hydrogen) atoms. The largest absolute Gasteiger partial charge is 0.494 e. The van der Waals surface area contributed by atoms with Gasteiger partial charge in [-0.25, -0.2) is 19.7 Å². The van der Waals surface area contributed by atoms with Gasteiger partial charge < -0.3 is 19.5 Å². The number of nitrogens with zero attached hydrogens (tertiary/aromatic N) is 4. The minimum absolute atomic E-state index is 0.00842. The van der Waals surface area contributed by atoms with Crippen LogP contribution in [0.15, 0.2) is 63.7 Å². The quantitative estimate of drug-likeness (QED) is 0.161. The molecule has 2 N–H and O–H groups in total. The Hall–Kier alpha value is -5.20. The van der Waals surface area contributed by atoms with Crippen LogP contribution in [0.4, 0.5) is 10.5 Å². The molecule has 1 atom stereocenters. The lowest BCUT2D eigenvalue weighted by Gasteiger charge is -2.26. The molecule has 1 aliphatic carbocycles. The van der Waals surface area contributed by atoms with Crippen molar-refractivity contribution in [3.63, 3.8) is 0 Å². The van der Waals surface area contributed by atoms with Crippen molar-refractivity contribution in [2.24, 2.45) is 15.9 Å². The predicted octanol–water partition coefficient (Wildman–Crippen LogP) is 4.97. The van der Waals surface area contributed by atoms with E-state index in [1.165, 1.54) is 6.34 Å². The van der Waals surface area contributed by atoms with Crippen LogP contribution in [0.2, 0.25) is 0 Å². The van der Waals surface area contributed by atoms with Crippen molar-refractivity contribution in [3.8, 4) is 5.75 Å². The number of fused-ring (bicyclic) bond motifs is 1. The summed E-state index contributed by atoms with van der Waals surface area (Å²) >= 11 is 0. The first kappa shape index (κ1) is 35.1. The van der Waals surface area contributed by atoms with E-state index in [0.717, 1.165) is 47.5 Å². The van der Waals surface area contributed by atoms with Gasteiger partial charge in [-0.15, -0.1) is 0 Å². The lowest BCUT2D eigenvalue weighted by molar-refractivity contribution is -0.152. The Morgan fingerprint density at radius 2 is 1.82 bits per heavy atom. The fourth-order valence-electron chi connectivity index (χ4n) is 5.43. The van der Waals surface area contributed by atoms with Crippen LogP contribution in [-0.4, -0.2) is 78.5 Å². The molecule has 1 saturated carbocycles. The Bertz CT molecular complexity index is 1650. The van der Waals surface area contributed by atoms with E-state index < -0.39 is 30.7 Å². The van der Waals surface area contributed by atoms with Gasteiger partial charge in [-0.2, -0.15) is 0 Å². The number of aliphatic imine (C=N–C) groups is 2. The van der Waals surface area contributed by atoms with Crippen LogP contribution in [0.1, 0.15) is 74.4 Å². The fourth-order valence-corrected chi connectivity index (χ4v) is 5.43. The fraction of sp³-hybridized carbons (Fsp3) is 0.444. The number of ether oxygens (including phenoxy) is 3. The molecule has 1 unspecified atom stereocenters. The van der Waals surface area contributed by atoms with E-state index in [1.54, 1.807) is 41.4 Å². The number of amides is 3. The monoisotopic (exact) mass is 672 g/mol. The standard InChI is InChI=1S/C36H44N6O7/c1-5-7-17-47-28-14-9-25(10-15-28)18-31(43)48-22-49-36(46)41(16-6-2)35(45)29-20-42-32(24(29)4)33(37-21-38-42)40-30-19-26(11-8-23(30)3)34(44)39-27-12-13-27/h8-11,14-15,19,21,27,29H,5-7,12-13,16-18,20,22H2,1-4H3,(H,39,44)(H,37,38,40). The van der Waals surface area contributed by atoms with Crippen molar-refractivity contribution in [2.75, 3.05) is 26.5 Å². The van der Waals surface area contributed by atoms with Gasteiger partial charge in [-0.1, -0.05) is 38.5 Å². The zero-order valence-corrected chi connectivity index (χ0v) is 28.5. The van der Waals surface area contributed by atoms with Crippen molar-refractivity contribution >= 4 is 41.7 Å². The summed E-state index contributed by atoms with van der Waals surface area (Å²) in [6, 6.07) is 12.7. The minimum Gasteiger partial charge on any atom is -0.494 e. The maximum Gasteiger partial charge on any atom is 0.419 e. The molecule has 0 bridgehead atoms. The number of imide groups is 1. The molecule has 13 heteroatoms. The molecule has 3 amide bonds. The number of benzene rings is 2. The lowest BCUT2D eigenvalue weighted by Crippen LogP contribution is -2.45. The lowest BCUT2D eigenvalue weighted by atomic mass is 10.0. The summed E-state index contributed by atoms with van der Waals surface area (Å²) in [5, 5.41) is 4.76. The highest BCUT2D eigenvalue weighted by Crippen LogP contribution is 2.33. The Balaban J connectivity index is 1.21. The molecular formula is C36H44N6O7. The van der Waals surface area contributed by atoms with Crippen molar-refractivity contribution < 1.29 is 33.4 Å². The summed E-state index contributed by atoms with van der Waals surface area (Å²) in [6.45, 7) is 8.02. The third kappa shape index (κ3) is 9.04. The Morgan fingerprint density at radius 1 is 1.04 bits per heavy atom. The first-order chi connectivity index (χ1) is 23.7. The van der Waals surface area contributed by atoms with E-state index in [2.05, 4.69) is 22.7 Å². The van der Waals surface area contributed by atoms with Crippen LogP contribution >= 0.6 is 0 Å². The van der Waals surface area contributed by atoms with Gasteiger partial charge in [0.2, 0.25) is 12.7 Å². The highest BCUT2D eigenvalue weighted by atomic mass is 16.7. The van der Waals surface area contributed by atoms with Gasteiger partial charge in [0.15, 0.2) is 5.84 Å². The molecule has 260 valence electrons. The minimum atomic E-state index is -0.897. The summed E-state index contributed by atoms with van der Waals surface area (Å²) < 4.78 is 16.0. The zero-order valence-electron chi connectivity index (χ0n) is 28.5. The highest BCUT2D eigenvalue weighted by molar-refractivity contribution is 6.07. The van der Waals surface area contributed by atoms with E-state index >= 15 is 0 Å². The Kier molecular flexibility index (Phi) is 11.7. The number of rotatable bonds is 14. The van der Waals surface area contributed by atoms with Crippen molar-refractivity contribution in [2.45, 2.75) is 72.3 Å². The van der Waals surface area contributed by atoms with Crippen LogP contribution < -0.4 is 15.5 Å². The molecule has 0 spiro atoms. The molecule has 2 heterocycles. The van der Waals surface area contributed by atoms with E-state index in [4.69, 9.17) is 19.2 Å². The third-order valence-corrected chi connectivity index (χ3v) is 8.43. The summed E-state index contributed by atoms with van der Waals surface area (Å²) in [5.41, 5.74) is 7.04. The zero-order chi connectivity index (χ0) is 34.9. The summed E-state index contributed by atoms with van der Waals surface area (Å²) in [7, 11) is 0. The van der Waals surface area contributed by atoms with E-state index in [1.807, 2.05) is 26.8 Å². The molecule has 3 aliphatic rings. The Labute approximate surface area is 286 Å². The summed E-state index contributed by atoms with van der Waals surface area (Å²) in [5.74, 6) is -0.749. The van der Waals surface area contributed by atoms with Crippen molar-refractivity contribution in [1.82, 2.24) is 20.7 Å². The number of hydrogen-bond donors (Lipinski definition) is 2. The number of carbonyl (C=O) groups is 4. The number of aryl methyl sites for hydroxylation is 1. The average molecular weight is 673 g/mol. The number of amidine groups is 1. The SMILES string of the molecule is CCCCOc1ccc(CC(=O)OCOC(=O)N(CCC)C(=O)C2CN3NC=NC(=Nc4cc(C(=O)NC5CC5)ccc4C)C3=C2C)cc1. The van der Waals surface area contributed by atoms with Crippen LogP contribution in [-0.2, 0) is 25.5 Å². The molecule has 0 saturated heterocycles. The molecular weight excluding hydrogens is 628 g/mol. The van der Waals surface area contributed by atoms with Crippen molar-refractivity contribution in [3.05, 3.63) is 70.4 Å². The van der Waals surface area contributed by atoms with Gasteiger partial charge in [-0.3, -0.25) is 24.8 Å². The predicted molar refractivity (Wildman–Crippen MR) is 183 cm³/mol. The molecule has 2 aliphatic heterocycles. The van der Waals surface area contributed by atoms with Crippen LogP contribution in [0.3, 0.4) is 0 Å². The molecule has 0 aromatic heterocycles. The smallest absolute Gasteiger partial charge is 0.419 e. The van der Waals surface area contributed by atoms with E-state index in [0.29, 0.717) is 41.4 Å². The number of nitrogens with one attached hydrogen (secondary N) is 2. The van der Waals surface area contributed by atoms with Gasteiger partial charge in [-0.05, 0) is 80.5 Å². The maximum atomic E-state index is 13.8. The van der Waals surface area contributed by atoms with Gasteiger partial charge in [0.25, 0.3) is 5.91 Å². The topological polar surface area (TPSA) is 151 Å². The van der Waals surface area contributed by atoms with Gasteiger partial charge >= 0.3 is 12.1 Å². The van der Waals surface area contributed by atoms with Crippen LogP contribution in [0, 0.1) is 12.8 Å². The first-order valence-electron chi connectivity index (χ1n) is 16.8. The average Bonchev–Trinajstić information content (AvgIpc) is 3.84. The second-order valence-corrected chi connectivity index (χ2v) is 12.3. The number of unbranched alkanes of at least 4 members (excludes halogenated alkanes) is 1. The van der Waals surface area contributed by atoms with E-state index in [-0.39, 0.29) is 31.5 Å². The molecule has 0 radical (unpaired) electrons. The molecule has 1 fully saturated rings. The third-order valence-electron chi connectivity index (χ3n) is 8.43. The van der Waals surface area contributed by atoms with Gasteiger partial charge in [0.1, 0.15) is 17.8 Å². The summed E-state index contributed by atoms with van der Waals surface area (Å²) in [4.78, 5) is 62.3. The normalized spacial score (nSPS) is 17.3. The second kappa shape index (κ2) is 16.3. The second-order valence-electron chi connectivity index (χ2n) is 12.3.